The van der Waals surface area contributed by atoms with Crippen LogP contribution in [0.3, 0.4) is 0 Å². The van der Waals surface area contributed by atoms with Crippen LogP contribution in [0.4, 0.5) is 13.6 Å². The molecule has 0 bridgehead atoms. The van der Waals surface area contributed by atoms with Gasteiger partial charge >= 0.3 is 12.1 Å². The second-order valence-corrected chi connectivity index (χ2v) is 4.71. The van der Waals surface area contributed by atoms with Crippen LogP contribution in [-0.2, 0) is 14.3 Å². The summed E-state index contributed by atoms with van der Waals surface area (Å²) < 4.78 is 34.7. The van der Waals surface area contributed by atoms with Crippen LogP contribution in [0.1, 0.15) is 34.6 Å². The first kappa shape index (κ1) is 17.3. The van der Waals surface area contributed by atoms with Gasteiger partial charge in [0.1, 0.15) is 11.3 Å². The van der Waals surface area contributed by atoms with Crippen molar-refractivity contribution in [2.75, 3.05) is 6.61 Å². The van der Waals surface area contributed by atoms with E-state index in [4.69, 9.17) is 4.74 Å². The van der Waals surface area contributed by atoms with Crippen molar-refractivity contribution in [1.29, 1.82) is 0 Å². The normalized spacial score (nSPS) is 12.8. The van der Waals surface area contributed by atoms with E-state index in [0.717, 1.165) is 6.92 Å². The maximum atomic E-state index is 12.6. The fraction of sp³-hybridized carbons (Fsp3) is 0.667. The van der Waals surface area contributed by atoms with Crippen LogP contribution in [0.25, 0.3) is 0 Å². The van der Waals surface area contributed by atoms with Crippen LogP contribution in [0, 0.1) is 0 Å². The van der Waals surface area contributed by atoms with E-state index in [1.807, 2.05) is 5.32 Å². The minimum atomic E-state index is -2.88. The third-order valence-corrected chi connectivity index (χ3v) is 1.83. The van der Waals surface area contributed by atoms with Gasteiger partial charge in [0.05, 0.1) is 6.61 Å². The summed E-state index contributed by atoms with van der Waals surface area (Å²) in [5.74, 6) is -1.02. The molecule has 1 amide bonds. The Kier molecular flexibility index (Phi) is 6.44. The van der Waals surface area contributed by atoms with E-state index in [0.29, 0.717) is 0 Å². The average Bonchev–Trinajstić information content (AvgIpc) is 2.22. The van der Waals surface area contributed by atoms with E-state index in [9.17, 15) is 18.4 Å². The van der Waals surface area contributed by atoms with Crippen LogP contribution in [0.2, 0.25) is 0 Å². The van der Waals surface area contributed by atoms with Crippen molar-refractivity contribution >= 4 is 12.1 Å². The first-order valence-electron chi connectivity index (χ1n) is 5.74. The van der Waals surface area contributed by atoms with Gasteiger partial charge in [0.15, 0.2) is 0 Å². The highest BCUT2D eigenvalue weighted by atomic mass is 19.3. The van der Waals surface area contributed by atoms with Crippen molar-refractivity contribution in [3.63, 3.8) is 0 Å². The molecule has 0 atom stereocenters. The van der Waals surface area contributed by atoms with Crippen molar-refractivity contribution in [2.24, 2.45) is 0 Å². The topological polar surface area (TPSA) is 64.6 Å². The van der Waals surface area contributed by atoms with Crippen molar-refractivity contribution in [1.82, 2.24) is 5.32 Å². The molecule has 0 radical (unpaired) electrons. The predicted molar refractivity (Wildman–Crippen MR) is 64.7 cm³/mol. The molecule has 0 aromatic rings. The van der Waals surface area contributed by atoms with Crippen LogP contribution < -0.4 is 5.32 Å². The number of carbonyl (C=O) groups excluding carboxylic acids is 2. The molecule has 5 nitrogen and oxygen atoms in total. The van der Waals surface area contributed by atoms with Gasteiger partial charge in [-0.3, -0.25) is 5.32 Å². The number of halogens is 2. The number of alkyl carbamates (subject to hydrolysis) is 1. The van der Waals surface area contributed by atoms with Crippen molar-refractivity contribution in [2.45, 2.75) is 46.6 Å². The Balaban J connectivity index is 5.04. The molecule has 0 spiro atoms. The number of nitrogens with one attached hydrogen (secondary N) is 1. The Morgan fingerprint density at radius 1 is 1.26 bits per heavy atom. The summed E-state index contributed by atoms with van der Waals surface area (Å²) in [6.07, 6.45) is -3.87. The molecular formula is C12H19F2NO4. The zero-order valence-corrected chi connectivity index (χ0v) is 11.7. The summed E-state index contributed by atoms with van der Waals surface area (Å²) in [7, 11) is 0. The lowest BCUT2D eigenvalue weighted by molar-refractivity contribution is -0.139. The maximum absolute atomic E-state index is 12.6. The van der Waals surface area contributed by atoms with E-state index in [1.54, 1.807) is 20.8 Å². The summed E-state index contributed by atoms with van der Waals surface area (Å²) in [6.45, 7) is 7.41. The van der Waals surface area contributed by atoms with E-state index >= 15 is 0 Å². The Labute approximate surface area is 110 Å². The van der Waals surface area contributed by atoms with Crippen molar-refractivity contribution < 1.29 is 27.8 Å². The van der Waals surface area contributed by atoms with E-state index in [-0.39, 0.29) is 6.61 Å². The zero-order valence-electron chi connectivity index (χ0n) is 11.7. The van der Waals surface area contributed by atoms with Gasteiger partial charge in [-0.1, -0.05) is 0 Å². The van der Waals surface area contributed by atoms with Gasteiger partial charge in [0, 0.05) is 5.57 Å². The Morgan fingerprint density at radius 3 is 2.16 bits per heavy atom. The molecule has 1 N–H and O–H groups in total. The minimum Gasteiger partial charge on any atom is -0.461 e. The number of hydrogen-bond acceptors (Lipinski definition) is 4. The minimum absolute atomic E-state index is 0.00878. The standard InChI is InChI=1S/C12H19F2NO4/c1-6-18-10(16)8(7(2)9(13)14)15-11(17)19-12(3,4)5/h9H,6H2,1-5H3,(H,15,17)/b8-7+. The Hall–Kier alpha value is -1.66. The molecule has 0 aliphatic rings. The lowest BCUT2D eigenvalue weighted by Gasteiger charge is -2.20. The van der Waals surface area contributed by atoms with Gasteiger partial charge in [0.25, 0.3) is 6.43 Å². The fourth-order valence-corrected chi connectivity index (χ4v) is 1.03. The van der Waals surface area contributed by atoms with E-state index in [1.165, 1.54) is 6.92 Å². The molecule has 7 heteroatoms. The van der Waals surface area contributed by atoms with Crippen LogP contribution >= 0.6 is 0 Å². The number of ether oxygens (including phenoxy) is 2. The van der Waals surface area contributed by atoms with Crippen LogP contribution in [0.5, 0.6) is 0 Å². The molecule has 0 saturated carbocycles. The molecule has 19 heavy (non-hydrogen) atoms. The number of rotatable bonds is 4. The molecule has 0 unspecified atom stereocenters. The highest BCUT2D eigenvalue weighted by Crippen LogP contribution is 2.14. The largest absolute Gasteiger partial charge is 0.461 e. The smallest absolute Gasteiger partial charge is 0.412 e. The van der Waals surface area contributed by atoms with Crippen LogP contribution in [0.15, 0.2) is 11.3 Å². The van der Waals surface area contributed by atoms with Gasteiger partial charge in [-0.2, -0.15) is 0 Å². The quantitative estimate of drug-likeness (QED) is 0.634. The number of alkyl halides is 2. The van der Waals surface area contributed by atoms with Gasteiger partial charge < -0.3 is 9.47 Å². The zero-order chi connectivity index (χ0) is 15.2. The second-order valence-electron chi connectivity index (χ2n) is 4.71. The van der Waals surface area contributed by atoms with Crippen LogP contribution in [-0.4, -0.2) is 30.7 Å². The number of amides is 1. The first-order chi connectivity index (χ1) is 8.58. The fourth-order valence-electron chi connectivity index (χ4n) is 1.03. The third kappa shape index (κ3) is 6.73. The van der Waals surface area contributed by atoms with E-state index in [2.05, 4.69) is 4.74 Å². The summed E-state index contributed by atoms with van der Waals surface area (Å²) in [6, 6.07) is 0. The highest BCUT2D eigenvalue weighted by Gasteiger charge is 2.24. The molecule has 0 fully saturated rings. The summed E-state index contributed by atoms with van der Waals surface area (Å²) in [5, 5.41) is 2.00. The molecule has 110 valence electrons. The molecule has 0 aromatic carbocycles. The van der Waals surface area contributed by atoms with E-state index < -0.39 is 35.4 Å². The molecular weight excluding hydrogens is 260 g/mol. The molecule has 0 aliphatic heterocycles. The monoisotopic (exact) mass is 279 g/mol. The lowest BCUT2D eigenvalue weighted by Crippen LogP contribution is -2.35. The molecule has 0 aliphatic carbocycles. The SMILES string of the molecule is CCOC(=O)/C(NC(=O)OC(C)(C)C)=C(/C)C(F)F. The van der Waals surface area contributed by atoms with Gasteiger partial charge in [-0.25, -0.2) is 18.4 Å². The number of hydrogen-bond donors (Lipinski definition) is 1. The molecule has 0 saturated heterocycles. The second kappa shape index (κ2) is 7.06. The van der Waals surface area contributed by atoms with Gasteiger partial charge in [0.2, 0.25) is 0 Å². The summed E-state index contributed by atoms with van der Waals surface area (Å²) in [5.41, 5.74) is -1.97. The van der Waals surface area contributed by atoms with Gasteiger partial charge in [-0.15, -0.1) is 0 Å². The molecule has 0 rings (SSSR count). The maximum Gasteiger partial charge on any atom is 0.412 e. The number of carbonyl (C=O) groups is 2. The Bertz CT molecular complexity index is 372. The van der Waals surface area contributed by atoms with Crippen molar-refractivity contribution in [3.8, 4) is 0 Å². The number of allylic oxidation sites excluding steroid dienone is 1. The van der Waals surface area contributed by atoms with Crippen molar-refractivity contribution in [3.05, 3.63) is 11.3 Å². The Morgan fingerprint density at radius 2 is 1.79 bits per heavy atom. The predicted octanol–water partition coefficient (Wildman–Crippen LogP) is 2.61. The molecule has 0 heterocycles. The first-order valence-corrected chi connectivity index (χ1v) is 5.74. The van der Waals surface area contributed by atoms with Gasteiger partial charge in [-0.05, 0) is 34.6 Å². The third-order valence-electron chi connectivity index (χ3n) is 1.83. The summed E-state index contributed by atoms with van der Waals surface area (Å²) in [4.78, 5) is 23.0. The average molecular weight is 279 g/mol. The highest BCUT2D eigenvalue weighted by molar-refractivity contribution is 5.93. The number of esters is 1. The summed E-state index contributed by atoms with van der Waals surface area (Å²) >= 11 is 0. The molecule has 0 aromatic heterocycles. The lowest BCUT2D eigenvalue weighted by atomic mass is 10.2.